The van der Waals surface area contributed by atoms with E-state index < -0.39 is 0 Å². The highest BCUT2D eigenvalue weighted by molar-refractivity contribution is 14.1. The van der Waals surface area contributed by atoms with Gasteiger partial charge >= 0.3 is 0 Å². The van der Waals surface area contributed by atoms with Gasteiger partial charge in [-0.1, -0.05) is 12.1 Å². The van der Waals surface area contributed by atoms with Crippen molar-refractivity contribution in [1.82, 2.24) is 10.2 Å². The average molecular weight is 386 g/mol. The number of benzene rings is 1. The lowest BCUT2D eigenvalue weighted by molar-refractivity contribution is 0.170. The Hall–Kier alpha value is -0.130. The molecule has 112 valence electrons. The van der Waals surface area contributed by atoms with Gasteiger partial charge in [0.1, 0.15) is 0 Å². The minimum atomic E-state index is 0.248. The molecule has 1 aromatic rings. The molecule has 0 radical (unpaired) electrons. The average Bonchev–Trinajstić information content (AvgIpc) is 2.40. The monoisotopic (exact) mass is 386 g/mol. The van der Waals surface area contributed by atoms with Crippen molar-refractivity contribution in [2.45, 2.75) is 45.7 Å². The Morgan fingerprint density at radius 1 is 1.15 bits per heavy atom. The number of nitrogens with one attached hydrogen (secondary N) is 1. The molecular weight excluding hydrogens is 359 g/mol. The predicted octanol–water partition coefficient (Wildman–Crippen LogP) is 3.89. The topological polar surface area (TPSA) is 15.3 Å². The fourth-order valence-corrected chi connectivity index (χ4v) is 3.01. The molecule has 1 fully saturated rings. The number of hydrogen-bond acceptors (Lipinski definition) is 2. The Balaban J connectivity index is 1.73. The zero-order valence-corrected chi connectivity index (χ0v) is 15.1. The van der Waals surface area contributed by atoms with E-state index in [9.17, 15) is 0 Å². The first kappa shape index (κ1) is 16.2. The first-order valence-corrected chi connectivity index (χ1v) is 8.72. The maximum atomic E-state index is 3.64. The maximum absolute atomic E-state index is 3.64. The molecular formula is C17H27IN2. The first-order chi connectivity index (χ1) is 9.42. The van der Waals surface area contributed by atoms with Crippen molar-refractivity contribution in [2.24, 2.45) is 5.92 Å². The second-order valence-corrected chi connectivity index (χ2v) is 8.22. The maximum Gasteiger partial charge on any atom is 0.0233 e. The Kier molecular flexibility index (Phi) is 5.87. The van der Waals surface area contributed by atoms with Crippen molar-refractivity contribution in [3.05, 3.63) is 33.4 Å². The summed E-state index contributed by atoms with van der Waals surface area (Å²) in [5, 5.41) is 3.64. The van der Waals surface area contributed by atoms with Crippen LogP contribution in [0.3, 0.4) is 0 Å². The molecule has 0 amide bonds. The second kappa shape index (κ2) is 7.23. The molecule has 1 aliphatic rings. The minimum Gasteiger partial charge on any atom is -0.312 e. The summed E-state index contributed by atoms with van der Waals surface area (Å²) in [6, 6.07) is 8.93. The zero-order chi connectivity index (χ0) is 14.6. The Labute approximate surface area is 137 Å². The SMILES string of the molecule is CC(C)(C)NCC1CCN(Cc2ccc(I)cc2)CC1. The first-order valence-electron chi connectivity index (χ1n) is 7.64. The van der Waals surface area contributed by atoms with E-state index in [1.165, 1.54) is 41.6 Å². The van der Waals surface area contributed by atoms with Gasteiger partial charge < -0.3 is 5.32 Å². The number of halogens is 1. The fraction of sp³-hybridized carbons (Fsp3) is 0.647. The minimum absolute atomic E-state index is 0.248. The summed E-state index contributed by atoms with van der Waals surface area (Å²) < 4.78 is 1.32. The van der Waals surface area contributed by atoms with E-state index in [1.807, 2.05) is 0 Å². The van der Waals surface area contributed by atoms with Gasteiger partial charge in [-0.2, -0.15) is 0 Å². The molecule has 0 atom stereocenters. The van der Waals surface area contributed by atoms with Crippen molar-refractivity contribution >= 4 is 22.6 Å². The van der Waals surface area contributed by atoms with Crippen LogP contribution in [0.25, 0.3) is 0 Å². The van der Waals surface area contributed by atoms with E-state index >= 15 is 0 Å². The number of nitrogens with zero attached hydrogens (tertiary/aromatic N) is 1. The highest BCUT2D eigenvalue weighted by Crippen LogP contribution is 2.19. The largest absolute Gasteiger partial charge is 0.312 e. The molecule has 1 aliphatic heterocycles. The second-order valence-electron chi connectivity index (χ2n) is 6.98. The molecule has 0 saturated carbocycles. The van der Waals surface area contributed by atoms with Crippen molar-refractivity contribution in [1.29, 1.82) is 0 Å². The third-order valence-corrected chi connectivity index (χ3v) is 4.67. The molecule has 2 nitrogen and oxygen atoms in total. The normalized spacial score (nSPS) is 18.4. The fourth-order valence-electron chi connectivity index (χ4n) is 2.65. The van der Waals surface area contributed by atoms with Crippen LogP contribution in [-0.2, 0) is 6.54 Å². The lowest BCUT2D eigenvalue weighted by Gasteiger charge is -2.33. The summed E-state index contributed by atoms with van der Waals surface area (Å²) in [6.07, 6.45) is 2.65. The lowest BCUT2D eigenvalue weighted by Crippen LogP contribution is -2.42. The quantitative estimate of drug-likeness (QED) is 0.790. The Bertz CT molecular complexity index is 400. The van der Waals surface area contributed by atoms with Crippen molar-refractivity contribution in [3.8, 4) is 0 Å². The van der Waals surface area contributed by atoms with E-state index in [0.29, 0.717) is 0 Å². The van der Waals surface area contributed by atoms with Crippen LogP contribution >= 0.6 is 22.6 Å². The van der Waals surface area contributed by atoms with Gasteiger partial charge in [-0.3, -0.25) is 4.90 Å². The van der Waals surface area contributed by atoms with Crippen LogP contribution in [0.4, 0.5) is 0 Å². The smallest absolute Gasteiger partial charge is 0.0233 e. The van der Waals surface area contributed by atoms with Gasteiger partial charge in [0.15, 0.2) is 0 Å². The molecule has 2 rings (SSSR count). The Morgan fingerprint density at radius 3 is 2.30 bits per heavy atom. The highest BCUT2D eigenvalue weighted by Gasteiger charge is 2.20. The molecule has 1 heterocycles. The van der Waals surface area contributed by atoms with E-state index in [-0.39, 0.29) is 5.54 Å². The van der Waals surface area contributed by atoms with Crippen LogP contribution in [-0.4, -0.2) is 30.1 Å². The third-order valence-electron chi connectivity index (χ3n) is 3.95. The number of likely N-dealkylation sites (tertiary alicyclic amines) is 1. The summed E-state index contributed by atoms with van der Waals surface area (Å²) in [6.45, 7) is 11.5. The zero-order valence-electron chi connectivity index (χ0n) is 13.0. The summed E-state index contributed by atoms with van der Waals surface area (Å²) in [5.74, 6) is 0.849. The molecule has 3 heteroatoms. The predicted molar refractivity (Wildman–Crippen MR) is 94.9 cm³/mol. The number of rotatable bonds is 4. The van der Waals surface area contributed by atoms with Crippen LogP contribution in [0.5, 0.6) is 0 Å². The van der Waals surface area contributed by atoms with Gasteiger partial charge in [-0.05, 0) is 99.5 Å². The Morgan fingerprint density at radius 2 is 1.75 bits per heavy atom. The van der Waals surface area contributed by atoms with E-state index in [2.05, 4.69) is 77.8 Å². The summed E-state index contributed by atoms with van der Waals surface area (Å²) in [7, 11) is 0. The van der Waals surface area contributed by atoms with Crippen LogP contribution in [0, 0.1) is 9.49 Å². The summed E-state index contributed by atoms with van der Waals surface area (Å²) >= 11 is 2.36. The molecule has 0 bridgehead atoms. The van der Waals surface area contributed by atoms with E-state index in [1.54, 1.807) is 0 Å². The standard InChI is InChI=1S/C17H27IN2/c1-17(2,3)19-12-14-8-10-20(11-9-14)13-15-4-6-16(18)7-5-15/h4-7,14,19H,8-13H2,1-3H3. The molecule has 0 unspecified atom stereocenters. The van der Waals surface area contributed by atoms with Crippen LogP contribution < -0.4 is 5.32 Å². The lowest BCUT2D eigenvalue weighted by atomic mass is 9.95. The van der Waals surface area contributed by atoms with E-state index in [0.717, 1.165) is 12.5 Å². The van der Waals surface area contributed by atoms with Gasteiger partial charge in [0, 0.05) is 15.7 Å². The molecule has 0 aliphatic carbocycles. The molecule has 20 heavy (non-hydrogen) atoms. The van der Waals surface area contributed by atoms with E-state index in [4.69, 9.17) is 0 Å². The summed E-state index contributed by atoms with van der Waals surface area (Å²) in [4.78, 5) is 2.59. The highest BCUT2D eigenvalue weighted by atomic mass is 127. The van der Waals surface area contributed by atoms with Crippen molar-refractivity contribution < 1.29 is 0 Å². The number of piperidine rings is 1. The third kappa shape index (κ3) is 5.70. The van der Waals surface area contributed by atoms with Gasteiger partial charge in [0.2, 0.25) is 0 Å². The summed E-state index contributed by atoms with van der Waals surface area (Å²) in [5.41, 5.74) is 1.69. The van der Waals surface area contributed by atoms with Crippen LogP contribution in [0.2, 0.25) is 0 Å². The van der Waals surface area contributed by atoms with Gasteiger partial charge in [-0.15, -0.1) is 0 Å². The number of hydrogen-bond donors (Lipinski definition) is 1. The van der Waals surface area contributed by atoms with Crippen molar-refractivity contribution in [3.63, 3.8) is 0 Å². The van der Waals surface area contributed by atoms with Crippen LogP contribution in [0.15, 0.2) is 24.3 Å². The molecule has 0 spiro atoms. The van der Waals surface area contributed by atoms with Gasteiger partial charge in [0.25, 0.3) is 0 Å². The molecule has 0 aromatic heterocycles. The van der Waals surface area contributed by atoms with Crippen LogP contribution in [0.1, 0.15) is 39.2 Å². The molecule has 1 N–H and O–H groups in total. The molecule has 1 saturated heterocycles. The van der Waals surface area contributed by atoms with Gasteiger partial charge in [0.05, 0.1) is 0 Å². The van der Waals surface area contributed by atoms with Crippen molar-refractivity contribution in [2.75, 3.05) is 19.6 Å². The molecule has 1 aromatic carbocycles. The van der Waals surface area contributed by atoms with Gasteiger partial charge in [-0.25, -0.2) is 0 Å².